The summed E-state index contributed by atoms with van der Waals surface area (Å²) in [6, 6.07) is 7.61. The highest BCUT2D eigenvalue weighted by Gasteiger charge is 2.29. The number of hydrogen-bond acceptors (Lipinski definition) is 4. The first-order valence-corrected chi connectivity index (χ1v) is 6.27. The fourth-order valence-electron chi connectivity index (χ4n) is 2.42. The zero-order valence-electron chi connectivity index (χ0n) is 10.9. The fraction of sp³-hybridized carbons (Fsp3) is 0.200. The molecule has 2 aromatic rings. The van der Waals surface area contributed by atoms with Crippen LogP contribution in [-0.4, -0.2) is 17.9 Å². The SMILES string of the molecule is COc1ccnc2c1C(=O)CC(c1cccc(F)c1)N2. The molecule has 1 atom stereocenters. The maximum absolute atomic E-state index is 13.3. The maximum Gasteiger partial charge on any atom is 0.172 e. The van der Waals surface area contributed by atoms with E-state index in [1.165, 1.54) is 19.2 Å². The summed E-state index contributed by atoms with van der Waals surface area (Å²) in [4.78, 5) is 16.5. The van der Waals surface area contributed by atoms with Gasteiger partial charge in [0.15, 0.2) is 5.78 Å². The number of methoxy groups -OCH3 is 1. The summed E-state index contributed by atoms with van der Waals surface area (Å²) in [6.07, 6.45) is 1.82. The average molecular weight is 272 g/mol. The molecule has 0 radical (unpaired) electrons. The number of aromatic nitrogens is 1. The van der Waals surface area contributed by atoms with Gasteiger partial charge in [0.05, 0.1) is 13.2 Å². The normalized spacial score (nSPS) is 17.3. The molecule has 4 nitrogen and oxygen atoms in total. The number of nitrogens with zero attached hydrogens (tertiary/aromatic N) is 1. The van der Waals surface area contributed by atoms with Gasteiger partial charge in [-0.2, -0.15) is 0 Å². The number of benzene rings is 1. The molecule has 2 heterocycles. The quantitative estimate of drug-likeness (QED) is 0.913. The van der Waals surface area contributed by atoms with Crippen molar-refractivity contribution in [2.24, 2.45) is 0 Å². The summed E-state index contributed by atoms with van der Waals surface area (Å²) in [5, 5.41) is 3.17. The number of rotatable bonds is 2. The second-order valence-corrected chi connectivity index (χ2v) is 4.62. The number of halogens is 1. The highest BCUT2D eigenvalue weighted by molar-refractivity contribution is 6.05. The molecule has 102 valence electrons. The van der Waals surface area contributed by atoms with Crippen LogP contribution in [0, 0.1) is 5.82 Å². The second kappa shape index (κ2) is 4.92. The molecule has 0 saturated heterocycles. The molecule has 0 amide bonds. The Balaban J connectivity index is 1.99. The van der Waals surface area contributed by atoms with Crippen LogP contribution < -0.4 is 10.1 Å². The molecule has 5 heteroatoms. The van der Waals surface area contributed by atoms with Crippen molar-refractivity contribution in [2.45, 2.75) is 12.5 Å². The van der Waals surface area contributed by atoms with Crippen LogP contribution in [-0.2, 0) is 0 Å². The third-order valence-corrected chi connectivity index (χ3v) is 3.36. The van der Waals surface area contributed by atoms with Gasteiger partial charge in [-0.25, -0.2) is 9.37 Å². The number of ketones is 1. The topological polar surface area (TPSA) is 51.2 Å². The van der Waals surface area contributed by atoms with Gasteiger partial charge in [-0.1, -0.05) is 12.1 Å². The lowest BCUT2D eigenvalue weighted by atomic mass is 9.94. The summed E-state index contributed by atoms with van der Waals surface area (Å²) >= 11 is 0. The summed E-state index contributed by atoms with van der Waals surface area (Å²) < 4.78 is 18.5. The summed E-state index contributed by atoms with van der Waals surface area (Å²) in [5.74, 6) is 0.610. The zero-order chi connectivity index (χ0) is 14.1. The number of fused-ring (bicyclic) bond motifs is 1. The average Bonchev–Trinajstić information content (AvgIpc) is 2.46. The smallest absolute Gasteiger partial charge is 0.172 e. The molecule has 0 fully saturated rings. The van der Waals surface area contributed by atoms with E-state index >= 15 is 0 Å². The van der Waals surface area contributed by atoms with E-state index in [9.17, 15) is 9.18 Å². The number of Topliss-reactive ketones (excluding diaryl/α,β-unsaturated/α-hetero) is 1. The molecule has 3 rings (SSSR count). The Kier molecular flexibility index (Phi) is 3.10. The molecule has 1 N–H and O–H groups in total. The largest absolute Gasteiger partial charge is 0.496 e. The van der Waals surface area contributed by atoms with Crippen molar-refractivity contribution in [1.29, 1.82) is 0 Å². The number of carbonyl (C=O) groups excluding carboxylic acids is 1. The third-order valence-electron chi connectivity index (χ3n) is 3.36. The van der Waals surface area contributed by atoms with E-state index in [0.717, 1.165) is 5.56 Å². The predicted molar refractivity (Wildman–Crippen MR) is 72.5 cm³/mol. The number of anilines is 1. The van der Waals surface area contributed by atoms with Gasteiger partial charge in [-0.05, 0) is 23.8 Å². The van der Waals surface area contributed by atoms with Crippen LogP contribution in [0.2, 0.25) is 0 Å². The molecule has 1 aliphatic rings. The Morgan fingerprint density at radius 2 is 2.25 bits per heavy atom. The van der Waals surface area contributed by atoms with Crippen LogP contribution in [0.4, 0.5) is 10.2 Å². The molecule has 1 unspecified atom stereocenters. The maximum atomic E-state index is 13.3. The molecular formula is C15H13FN2O2. The van der Waals surface area contributed by atoms with Crippen molar-refractivity contribution in [2.75, 3.05) is 12.4 Å². The Bertz CT molecular complexity index is 673. The van der Waals surface area contributed by atoms with Crippen molar-refractivity contribution in [3.63, 3.8) is 0 Å². The summed E-state index contributed by atoms with van der Waals surface area (Å²) in [7, 11) is 1.52. The second-order valence-electron chi connectivity index (χ2n) is 4.62. The zero-order valence-corrected chi connectivity index (χ0v) is 10.9. The highest BCUT2D eigenvalue weighted by Crippen LogP contribution is 2.35. The third kappa shape index (κ3) is 2.11. The summed E-state index contributed by atoms with van der Waals surface area (Å²) in [5.41, 5.74) is 1.19. The van der Waals surface area contributed by atoms with Crippen molar-refractivity contribution >= 4 is 11.6 Å². The van der Waals surface area contributed by atoms with Gasteiger partial charge in [-0.3, -0.25) is 4.79 Å². The van der Waals surface area contributed by atoms with Crippen LogP contribution in [0.5, 0.6) is 5.75 Å². The molecule has 0 spiro atoms. The Labute approximate surface area is 115 Å². The standard InChI is InChI=1S/C15H13FN2O2/c1-20-13-5-6-17-15-14(13)12(19)8-11(18-15)9-3-2-4-10(16)7-9/h2-7,11H,8H2,1H3,(H,17,18). The molecule has 1 aromatic heterocycles. The van der Waals surface area contributed by atoms with Crippen LogP contribution in [0.3, 0.4) is 0 Å². The van der Waals surface area contributed by atoms with E-state index in [0.29, 0.717) is 17.1 Å². The molecule has 1 aliphatic heterocycles. The van der Waals surface area contributed by atoms with Crippen LogP contribution in [0.1, 0.15) is 28.4 Å². The van der Waals surface area contributed by atoms with Gasteiger partial charge in [0.1, 0.15) is 22.9 Å². The van der Waals surface area contributed by atoms with Gasteiger partial charge in [0.2, 0.25) is 0 Å². The lowest BCUT2D eigenvalue weighted by Crippen LogP contribution is -2.24. The van der Waals surface area contributed by atoms with Gasteiger partial charge in [0, 0.05) is 12.6 Å². The number of ether oxygens (including phenoxy) is 1. The van der Waals surface area contributed by atoms with E-state index < -0.39 is 0 Å². The van der Waals surface area contributed by atoms with Gasteiger partial charge < -0.3 is 10.1 Å². The van der Waals surface area contributed by atoms with Crippen molar-refractivity contribution < 1.29 is 13.9 Å². The minimum atomic E-state index is -0.318. The predicted octanol–water partition coefficient (Wildman–Crippen LogP) is 2.97. The van der Waals surface area contributed by atoms with E-state index in [2.05, 4.69) is 10.3 Å². The monoisotopic (exact) mass is 272 g/mol. The van der Waals surface area contributed by atoms with Crippen LogP contribution in [0.15, 0.2) is 36.5 Å². The van der Waals surface area contributed by atoms with Gasteiger partial charge in [0.25, 0.3) is 0 Å². The Hall–Kier alpha value is -2.43. The van der Waals surface area contributed by atoms with Crippen LogP contribution >= 0.6 is 0 Å². The van der Waals surface area contributed by atoms with Crippen molar-refractivity contribution in [3.8, 4) is 5.75 Å². The minimum Gasteiger partial charge on any atom is -0.496 e. The lowest BCUT2D eigenvalue weighted by Gasteiger charge is -2.26. The first-order valence-electron chi connectivity index (χ1n) is 6.27. The van der Waals surface area contributed by atoms with E-state index in [1.54, 1.807) is 24.4 Å². The Morgan fingerprint density at radius 1 is 1.40 bits per heavy atom. The fourth-order valence-corrected chi connectivity index (χ4v) is 2.42. The molecule has 20 heavy (non-hydrogen) atoms. The lowest BCUT2D eigenvalue weighted by molar-refractivity contribution is 0.0968. The van der Waals surface area contributed by atoms with Gasteiger partial charge >= 0.3 is 0 Å². The van der Waals surface area contributed by atoms with Crippen LogP contribution in [0.25, 0.3) is 0 Å². The number of carbonyl (C=O) groups is 1. The number of nitrogens with one attached hydrogen (secondary N) is 1. The first-order chi connectivity index (χ1) is 9.69. The molecule has 1 aromatic carbocycles. The Morgan fingerprint density at radius 3 is 3.00 bits per heavy atom. The molecular weight excluding hydrogens is 259 g/mol. The molecule has 0 aliphatic carbocycles. The first kappa shape index (κ1) is 12.6. The van der Waals surface area contributed by atoms with Gasteiger partial charge in [-0.15, -0.1) is 0 Å². The number of pyridine rings is 1. The molecule has 0 bridgehead atoms. The van der Waals surface area contributed by atoms with E-state index in [-0.39, 0.29) is 24.1 Å². The van der Waals surface area contributed by atoms with E-state index in [1.807, 2.05) is 0 Å². The van der Waals surface area contributed by atoms with Crippen molar-refractivity contribution in [1.82, 2.24) is 4.98 Å². The number of hydrogen-bond donors (Lipinski definition) is 1. The van der Waals surface area contributed by atoms with Crippen molar-refractivity contribution in [3.05, 3.63) is 53.5 Å². The minimum absolute atomic E-state index is 0.0574. The highest BCUT2D eigenvalue weighted by atomic mass is 19.1. The summed E-state index contributed by atoms with van der Waals surface area (Å²) in [6.45, 7) is 0. The van der Waals surface area contributed by atoms with E-state index in [4.69, 9.17) is 4.74 Å². The molecule has 0 saturated carbocycles.